The van der Waals surface area contributed by atoms with Crippen molar-refractivity contribution in [1.82, 2.24) is 9.97 Å². The van der Waals surface area contributed by atoms with Crippen molar-refractivity contribution < 1.29 is 9.90 Å². The summed E-state index contributed by atoms with van der Waals surface area (Å²) in [5.74, 6) is 0.362. The number of carboxylic acids is 1. The highest BCUT2D eigenvalue weighted by Gasteiger charge is 2.19. The van der Waals surface area contributed by atoms with Gasteiger partial charge in [-0.3, -0.25) is 0 Å². The molecule has 1 aliphatic heterocycles. The molecule has 1 saturated heterocycles. The van der Waals surface area contributed by atoms with Gasteiger partial charge in [-0.05, 0) is 36.5 Å². The molecular weight excluding hydrogens is 254 g/mol. The zero-order valence-corrected chi connectivity index (χ0v) is 11.4. The molecule has 3 rings (SSSR count). The van der Waals surface area contributed by atoms with Gasteiger partial charge in [-0.2, -0.15) is 0 Å². The van der Waals surface area contributed by atoms with Crippen LogP contribution in [-0.4, -0.2) is 29.0 Å². The molecule has 2 heterocycles. The van der Waals surface area contributed by atoms with Crippen molar-refractivity contribution in [3.8, 4) is 0 Å². The lowest BCUT2D eigenvalue weighted by Crippen LogP contribution is -2.35. The van der Waals surface area contributed by atoms with Gasteiger partial charge in [0.2, 0.25) is 0 Å². The van der Waals surface area contributed by atoms with Gasteiger partial charge >= 0.3 is 0 Å². The molecule has 0 unspecified atom stereocenters. The van der Waals surface area contributed by atoms with Crippen LogP contribution in [0, 0.1) is 5.92 Å². The third-order valence-electron chi connectivity index (χ3n) is 3.81. The van der Waals surface area contributed by atoms with Crippen LogP contribution in [0.2, 0.25) is 0 Å². The zero-order valence-electron chi connectivity index (χ0n) is 11.4. The van der Waals surface area contributed by atoms with Gasteiger partial charge in [-0.1, -0.05) is 13.0 Å². The smallest absolute Gasteiger partial charge is 0.139 e. The fourth-order valence-electron chi connectivity index (χ4n) is 2.80. The van der Waals surface area contributed by atoms with E-state index in [0.29, 0.717) is 11.4 Å². The first-order valence-corrected chi connectivity index (χ1v) is 6.86. The van der Waals surface area contributed by atoms with Crippen LogP contribution in [0.25, 0.3) is 10.9 Å². The number of fused-ring (bicyclic) bond motifs is 1. The van der Waals surface area contributed by atoms with E-state index in [1.54, 1.807) is 18.2 Å². The summed E-state index contributed by atoms with van der Waals surface area (Å²) >= 11 is 0. The molecule has 1 aliphatic rings. The van der Waals surface area contributed by atoms with Gasteiger partial charge in [-0.25, -0.2) is 9.97 Å². The number of carbonyl (C=O) groups is 1. The molecule has 1 aromatic heterocycles. The summed E-state index contributed by atoms with van der Waals surface area (Å²) in [6.45, 7) is 4.21. The fourth-order valence-corrected chi connectivity index (χ4v) is 2.80. The number of hydrogen-bond acceptors (Lipinski definition) is 5. The van der Waals surface area contributed by atoms with E-state index in [2.05, 4.69) is 21.8 Å². The van der Waals surface area contributed by atoms with Gasteiger partial charge in [0.15, 0.2) is 0 Å². The maximum absolute atomic E-state index is 10.9. The Kier molecular flexibility index (Phi) is 3.26. The molecule has 104 valence electrons. The number of carboxylic acid groups (broad SMARTS) is 1. The second kappa shape index (κ2) is 5.07. The molecule has 20 heavy (non-hydrogen) atoms. The minimum atomic E-state index is -1.18. The van der Waals surface area contributed by atoms with Crippen molar-refractivity contribution in [3.63, 3.8) is 0 Å². The topological polar surface area (TPSA) is 69.2 Å². The normalized spacial score (nSPS) is 19.2. The van der Waals surface area contributed by atoms with Crippen molar-refractivity contribution >= 4 is 22.7 Å². The number of aromatic nitrogens is 2. The van der Waals surface area contributed by atoms with Crippen molar-refractivity contribution in [2.24, 2.45) is 5.92 Å². The second-order valence-corrected chi connectivity index (χ2v) is 5.41. The van der Waals surface area contributed by atoms with Crippen molar-refractivity contribution in [2.75, 3.05) is 18.0 Å². The Morgan fingerprint density at radius 1 is 1.40 bits per heavy atom. The van der Waals surface area contributed by atoms with Crippen LogP contribution in [0.5, 0.6) is 0 Å². The molecule has 2 aromatic rings. The Balaban J connectivity index is 2.05. The van der Waals surface area contributed by atoms with Crippen LogP contribution >= 0.6 is 0 Å². The first kappa shape index (κ1) is 12.8. The van der Waals surface area contributed by atoms with Crippen LogP contribution in [0.3, 0.4) is 0 Å². The second-order valence-electron chi connectivity index (χ2n) is 5.41. The van der Waals surface area contributed by atoms with E-state index >= 15 is 0 Å². The van der Waals surface area contributed by atoms with Crippen molar-refractivity contribution in [1.29, 1.82) is 0 Å². The largest absolute Gasteiger partial charge is 0.545 e. The standard InChI is InChI=1S/C15H17N3O2/c1-10-3-2-6-18(8-10)14-12-5-4-11(15(19)20)7-13(12)16-9-17-14/h4-5,7,9-10H,2-3,6,8H2,1H3,(H,19,20)/p-1/t10-/m1/s1. The lowest BCUT2D eigenvalue weighted by atomic mass is 10.00. The van der Waals surface area contributed by atoms with E-state index in [1.165, 1.54) is 12.7 Å². The Hall–Kier alpha value is -2.17. The minimum Gasteiger partial charge on any atom is -0.545 e. The summed E-state index contributed by atoms with van der Waals surface area (Å²) in [7, 11) is 0. The van der Waals surface area contributed by atoms with Crippen LogP contribution < -0.4 is 10.0 Å². The van der Waals surface area contributed by atoms with Gasteiger partial charge < -0.3 is 14.8 Å². The summed E-state index contributed by atoms with van der Waals surface area (Å²) in [6.07, 6.45) is 3.90. The van der Waals surface area contributed by atoms with Gasteiger partial charge in [-0.15, -0.1) is 0 Å². The van der Waals surface area contributed by atoms with Gasteiger partial charge in [0.1, 0.15) is 12.1 Å². The predicted molar refractivity (Wildman–Crippen MR) is 74.5 cm³/mol. The minimum absolute atomic E-state index is 0.147. The predicted octanol–water partition coefficient (Wildman–Crippen LogP) is 1.23. The summed E-state index contributed by atoms with van der Waals surface area (Å²) in [5.41, 5.74) is 0.795. The molecule has 0 aliphatic carbocycles. The highest BCUT2D eigenvalue weighted by molar-refractivity contribution is 5.95. The Bertz CT molecular complexity index is 657. The SMILES string of the molecule is C[C@@H]1CCCN(c2ncnc3cc(C(=O)[O-])ccc23)C1. The maximum atomic E-state index is 10.9. The Labute approximate surface area is 117 Å². The van der Waals surface area contributed by atoms with Gasteiger partial charge in [0.05, 0.1) is 11.5 Å². The summed E-state index contributed by atoms with van der Waals surface area (Å²) in [4.78, 5) is 21.7. The first-order valence-electron chi connectivity index (χ1n) is 6.86. The van der Waals surface area contributed by atoms with Crippen LogP contribution in [0.4, 0.5) is 5.82 Å². The quantitative estimate of drug-likeness (QED) is 0.821. The fraction of sp³-hybridized carbons (Fsp3) is 0.400. The van der Waals surface area contributed by atoms with Crippen LogP contribution in [0.1, 0.15) is 30.1 Å². The number of aromatic carboxylic acids is 1. The maximum Gasteiger partial charge on any atom is 0.139 e. The third kappa shape index (κ3) is 2.31. The molecule has 5 nitrogen and oxygen atoms in total. The number of benzene rings is 1. The highest BCUT2D eigenvalue weighted by Crippen LogP contribution is 2.27. The number of anilines is 1. The molecular formula is C15H16N3O2-. The number of nitrogens with zero attached hydrogens (tertiary/aromatic N) is 3. The molecule has 0 spiro atoms. The zero-order chi connectivity index (χ0) is 14.1. The van der Waals surface area contributed by atoms with Gasteiger partial charge in [0.25, 0.3) is 0 Å². The molecule has 0 bridgehead atoms. The Morgan fingerprint density at radius 2 is 2.25 bits per heavy atom. The number of rotatable bonds is 2. The van der Waals surface area contributed by atoms with E-state index in [0.717, 1.165) is 30.7 Å². The van der Waals surface area contributed by atoms with E-state index in [1.807, 2.05) is 0 Å². The average Bonchev–Trinajstić information content (AvgIpc) is 2.46. The molecule has 1 atom stereocenters. The average molecular weight is 270 g/mol. The van der Waals surface area contributed by atoms with Crippen molar-refractivity contribution in [2.45, 2.75) is 19.8 Å². The van der Waals surface area contributed by atoms with Gasteiger partial charge in [0, 0.05) is 18.5 Å². The molecule has 1 fully saturated rings. The molecule has 1 aromatic carbocycles. The van der Waals surface area contributed by atoms with Crippen molar-refractivity contribution in [3.05, 3.63) is 30.1 Å². The summed E-state index contributed by atoms with van der Waals surface area (Å²) in [5, 5.41) is 11.8. The summed E-state index contributed by atoms with van der Waals surface area (Å²) in [6, 6.07) is 4.87. The lowest BCUT2D eigenvalue weighted by Gasteiger charge is -2.32. The van der Waals surface area contributed by atoms with E-state index in [-0.39, 0.29) is 5.56 Å². The molecule has 0 amide bonds. The highest BCUT2D eigenvalue weighted by atomic mass is 16.4. The molecule has 0 radical (unpaired) electrons. The summed E-state index contributed by atoms with van der Waals surface area (Å²) < 4.78 is 0. The first-order chi connectivity index (χ1) is 9.65. The Morgan fingerprint density at radius 3 is 3.00 bits per heavy atom. The molecule has 0 N–H and O–H groups in total. The monoisotopic (exact) mass is 270 g/mol. The van der Waals surface area contributed by atoms with E-state index < -0.39 is 5.97 Å². The lowest BCUT2D eigenvalue weighted by molar-refractivity contribution is -0.255. The number of hydrogen-bond donors (Lipinski definition) is 0. The molecule has 0 saturated carbocycles. The molecule has 5 heteroatoms. The van der Waals surface area contributed by atoms with E-state index in [4.69, 9.17) is 0 Å². The van der Waals surface area contributed by atoms with Crippen LogP contribution in [0.15, 0.2) is 24.5 Å². The van der Waals surface area contributed by atoms with E-state index in [9.17, 15) is 9.90 Å². The number of carbonyl (C=O) groups excluding carboxylic acids is 1. The number of piperidine rings is 1. The third-order valence-corrected chi connectivity index (χ3v) is 3.81. The van der Waals surface area contributed by atoms with Crippen LogP contribution in [-0.2, 0) is 0 Å².